The van der Waals surface area contributed by atoms with Crippen molar-refractivity contribution in [1.82, 2.24) is 15.3 Å². The Balaban J connectivity index is 1.99. The third-order valence-electron chi connectivity index (χ3n) is 2.79. The van der Waals surface area contributed by atoms with E-state index in [2.05, 4.69) is 44.2 Å². The first-order chi connectivity index (χ1) is 8.70. The number of halogens is 2. The molecule has 0 aliphatic heterocycles. The van der Waals surface area contributed by atoms with Gasteiger partial charge in [0.2, 0.25) is 0 Å². The molecule has 5 heteroatoms. The third-order valence-corrected chi connectivity index (χ3v) is 4.03. The molecule has 96 valence electrons. The standard InChI is InChI=1S/C13H15BrClN3/c1-2-12(13-16-5-6-17-13)18-8-9-3-4-10(14)11(15)7-9/h3-7,12,18H,2,8H2,1H3,(H,16,17). The van der Waals surface area contributed by atoms with Gasteiger partial charge in [-0.15, -0.1) is 0 Å². The second-order valence-corrected chi connectivity index (χ2v) is 5.33. The molecule has 0 aliphatic carbocycles. The fourth-order valence-corrected chi connectivity index (χ4v) is 2.24. The zero-order chi connectivity index (χ0) is 13.0. The molecule has 3 nitrogen and oxygen atoms in total. The number of aromatic nitrogens is 2. The van der Waals surface area contributed by atoms with Crippen LogP contribution in [0.5, 0.6) is 0 Å². The molecule has 1 atom stereocenters. The first kappa shape index (κ1) is 13.6. The molecule has 0 aliphatic rings. The van der Waals surface area contributed by atoms with Gasteiger partial charge in [0.1, 0.15) is 5.82 Å². The van der Waals surface area contributed by atoms with Crippen LogP contribution in [-0.4, -0.2) is 9.97 Å². The van der Waals surface area contributed by atoms with Crippen LogP contribution in [0.1, 0.15) is 30.8 Å². The fourth-order valence-electron chi connectivity index (χ4n) is 1.79. The molecule has 1 aromatic carbocycles. The van der Waals surface area contributed by atoms with Crippen molar-refractivity contribution in [3.8, 4) is 0 Å². The minimum absolute atomic E-state index is 0.238. The predicted molar refractivity (Wildman–Crippen MR) is 77.6 cm³/mol. The van der Waals surface area contributed by atoms with Crippen molar-refractivity contribution < 1.29 is 0 Å². The largest absolute Gasteiger partial charge is 0.347 e. The Morgan fingerprint density at radius 2 is 2.33 bits per heavy atom. The van der Waals surface area contributed by atoms with Crippen molar-refractivity contribution in [3.63, 3.8) is 0 Å². The highest BCUT2D eigenvalue weighted by atomic mass is 79.9. The van der Waals surface area contributed by atoms with Crippen LogP contribution < -0.4 is 5.32 Å². The zero-order valence-corrected chi connectivity index (χ0v) is 12.4. The Morgan fingerprint density at radius 3 is 2.94 bits per heavy atom. The summed E-state index contributed by atoms with van der Waals surface area (Å²) < 4.78 is 0.922. The van der Waals surface area contributed by atoms with E-state index >= 15 is 0 Å². The van der Waals surface area contributed by atoms with Crippen molar-refractivity contribution in [2.45, 2.75) is 25.9 Å². The lowest BCUT2D eigenvalue weighted by Crippen LogP contribution is -2.21. The van der Waals surface area contributed by atoms with Gasteiger partial charge in [0.15, 0.2) is 0 Å². The highest BCUT2D eigenvalue weighted by Crippen LogP contribution is 2.23. The van der Waals surface area contributed by atoms with E-state index in [0.717, 1.165) is 33.8 Å². The average molecular weight is 329 g/mol. The lowest BCUT2D eigenvalue weighted by atomic mass is 10.1. The minimum Gasteiger partial charge on any atom is -0.347 e. The molecule has 1 unspecified atom stereocenters. The Labute approximate surface area is 120 Å². The quantitative estimate of drug-likeness (QED) is 0.868. The monoisotopic (exact) mass is 327 g/mol. The van der Waals surface area contributed by atoms with Gasteiger partial charge in [-0.2, -0.15) is 0 Å². The van der Waals surface area contributed by atoms with Gasteiger partial charge in [-0.1, -0.05) is 24.6 Å². The normalized spacial score (nSPS) is 12.6. The van der Waals surface area contributed by atoms with Crippen LogP contribution in [0.4, 0.5) is 0 Å². The van der Waals surface area contributed by atoms with Crippen molar-refractivity contribution in [2.24, 2.45) is 0 Å². The summed E-state index contributed by atoms with van der Waals surface area (Å²) in [5, 5.41) is 4.20. The first-order valence-corrected chi connectivity index (χ1v) is 7.04. The molecule has 2 aromatic rings. The van der Waals surface area contributed by atoms with E-state index in [9.17, 15) is 0 Å². The molecule has 0 amide bonds. The van der Waals surface area contributed by atoms with Crippen molar-refractivity contribution in [3.05, 3.63) is 51.5 Å². The topological polar surface area (TPSA) is 40.7 Å². The molecule has 0 radical (unpaired) electrons. The van der Waals surface area contributed by atoms with Crippen molar-refractivity contribution in [2.75, 3.05) is 0 Å². The second kappa shape index (κ2) is 6.36. The predicted octanol–water partition coefficient (Wildman–Crippen LogP) is 4.07. The van der Waals surface area contributed by atoms with E-state index in [1.54, 1.807) is 6.20 Å². The van der Waals surface area contributed by atoms with E-state index in [0.29, 0.717) is 0 Å². The number of imidazole rings is 1. The van der Waals surface area contributed by atoms with Crippen LogP contribution in [0, 0.1) is 0 Å². The highest BCUT2D eigenvalue weighted by Gasteiger charge is 2.10. The maximum Gasteiger partial charge on any atom is 0.123 e. The first-order valence-electron chi connectivity index (χ1n) is 5.87. The third kappa shape index (κ3) is 3.34. The van der Waals surface area contributed by atoms with Gasteiger partial charge in [-0.05, 0) is 40.0 Å². The van der Waals surface area contributed by atoms with Crippen LogP contribution in [0.15, 0.2) is 35.1 Å². The lowest BCUT2D eigenvalue weighted by Gasteiger charge is -2.14. The molecule has 0 bridgehead atoms. The number of hydrogen-bond acceptors (Lipinski definition) is 2. The number of H-pyrrole nitrogens is 1. The molecule has 2 rings (SSSR count). The summed E-state index contributed by atoms with van der Waals surface area (Å²) in [6, 6.07) is 6.22. The van der Waals surface area contributed by atoms with Gasteiger partial charge in [-0.25, -0.2) is 4.98 Å². The molecule has 0 saturated heterocycles. The number of rotatable bonds is 5. The molecule has 18 heavy (non-hydrogen) atoms. The van der Waals surface area contributed by atoms with Gasteiger partial charge < -0.3 is 10.3 Å². The molecule has 1 heterocycles. The molecular formula is C13H15BrClN3. The van der Waals surface area contributed by atoms with Gasteiger partial charge in [0.25, 0.3) is 0 Å². The highest BCUT2D eigenvalue weighted by molar-refractivity contribution is 9.10. The van der Waals surface area contributed by atoms with E-state index in [4.69, 9.17) is 11.6 Å². The van der Waals surface area contributed by atoms with Crippen molar-refractivity contribution in [1.29, 1.82) is 0 Å². The molecular weight excluding hydrogens is 314 g/mol. The number of benzene rings is 1. The summed E-state index contributed by atoms with van der Waals surface area (Å²) >= 11 is 9.46. The number of nitrogens with one attached hydrogen (secondary N) is 2. The average Bonchev–Trinajstić information content (AvgIpc) is 2.88. The molecule has 0 spiro atoms. The summed E-state index contributed by atoms with van der Waals surface area (Å²) in [7, 11) is 0. The zero-order valence-electron chi connectivity index (χ0n) is 10.1. The van der Waals surface area contributed by atoms with E-state index in [1.807, 2.05) is 18.3 Å². The molecule has 0 fully saturated rings. The van der Waals surface area contributed by atoms with Crippen LogP contribution >= 0.6 is 27.5 Å². The Kier molecular flexibility index (Phi) is 4.80. The van der Waals surface area contributed by atoms with Crippen molar-refractivity contribution >= 4 is 27.5 Å². The maximum absolute atomic E-state index is 6.07. The summed E-state index contributed by atoms with van der Waals surface area (Å²) in [6.45, 7) is 2.90. The van der Waals surface area contributed by atoms with E-state index in [1.165, 1.54) is 0 Å². The van der Waals surface area contributed by atoms with Crippen LogP contribution in [0.2, 0.25) is 5.02 Å². The SMILES string of the molecule is CCC(NCc1ccc(Br)c(Cl)c1)c1ncc[nH]1. The Hall–Kier alpha value is -0.840. The van der Waals surface area contributed by atoms with Gasteiger partial charge >= 0.3 is 0 Å². The summed E-state index contributed by atoms with van der Waals surface area (Å²) in [5.41, 5.74) is 1.16. The summed E-state index contributed by atoms with van der Waals surface area (Å²) in [4.78, 5) is 7.42. The summed E-state index contributed by atoms with van der Waals surface area (Å²) in [5.74, 6) is 0.973. The Morgan fingerprint density at radius 1 is 1.50 bits per heavy atom. The van der Waals surface area contributed by atoms with Gasteiger partial charge in [-0.3, -0.25) is 0 Å². The second-order valence-electron chi connectivity index (χ2n) is 4.06. The van der Waals surface area contributed by atoms with Crippen LogP contribution in [0.25, 0.3) is 0 Å². The fraction of sp³-hybridized carbons (Fsp3) is 0.308. The molecule has 1 aromatic heterocycles. The maximum atomic E-state index is 6.07. The lowest BCUT2D eigenvalue weighted by molar-refractivity contribution is 0.498. The number of nitrogens with zero attached hydrogens (tertiary/aromatic N) is 1. The van der Waals surface area contributed by atoms with Gasteiger partial charge in [0, 0.05) is 23.4 Å². The van der Waals surface area contributed by atoms with E-state index in [-0.39, 0.29) is 6.04 Å². The number of hydrogen-bond donors (Lipinski definition) is 2. The van der Waals surface area contributed by atoms with E-state index < -0.39 is 0 Å². The van der Waals surface area contributed by atoms with Gasteiger partial charge in [0.05, 0.1) is 11.1 Å². The summed E-state index contributed by atoms with van der Waals surface area (Å²) in [6.07, 6.45) is 4.60. The minimum atomic E-state index is 0.238. The Bertz CT molecular complexity index is 499. The molecule has 0 saturated carbocycles. The molecule has 2 N–H and O–H groups in total. The number of aromatic amines is 1. The van der Waals surface area contributed by atoms with Crippen LogP contribution in [-0.2, 0) is 6.54 Å². The van der Waals surface area contributed by atoms with Crippen LogP contribution in [0.3, 0.4) is 0 Å². The smallest absolute Gasteiger partial charge is 0.123 e.